The van der Waals surface area contributed by atoms with Gasteiger partial charge in [0.2, 0.25) is 0 Å². The van der Waals surface area contributed by atoms with Gasteiger partial charge in [0.1, 0.15) is 11.1 Å². The van der Waals surface area contributed by atoms with Crippen molar-refractivity contribution >= 4 is 11.3 Å². The van der Waals surface area contributed by atoms with Gasteiger partial charge in [-0.25, -0.2) is 4.98 Å². The maximum Gasteiger partial charge on any atom is 0.122 e. The third-order valence-corrected chi connectivity index (χ3v) is 3.15. The molecule has 0 aliphatic carbocycles. The number of nitrogens with zero attached hydrogens (tertiary/aromatic N) is 1. The maximum atomic E-state index is 5.51. The number of ether oxygens (including phenoxy) is 1. The summed E-state index contributed by atoms with van der Waals surface area (Å²) in [5.74, 6) is 0. The first-order chi connectivity index (χ1) is 6.99. The molecule has 0 fully saturated rings. The van der Waals surface area contributed by atoms with Gasteiger partial charge in [-0.1, -0.05) is 20.8 Å². The summed E-state index contributed by atoms with van der Waals surface area (Å²) in [5.41, 5.74) is 6.65. The van der Waals surface area contributed by atoms with Crippen molar-refractivity contribution in [3.8, 4) is 0 Å². The number of thiazole rings is 1. The number of methoxy groups -OCH3 is 1. The van der Waals surface area contributed by atoms with Gasteiger partial charge in [-0.2, -0.15) is 0 Å². The normalized spacial score (nSPS) is 14.2. The molecule has 1 aromatic rings. The van der Waals surface area contributed by atoms with E-state index in [4.69, 9.17) is 10.5 Å². The second-order valence-electron chi connectivity index (χ2n) is 4.70. The van der Waals surface area contributed by atoms with E-state index in [1.54, 1.807) is 18.4 Å². The summed E-state index contributed by atoms with van der Waals surface area (Å²) in [5, 5.41) is 3.12. The fraction of sp³-hybridized carbons (Fsp3) is 0.727. The summed E-state index contributed by atoms with van der Waals surface area (Å²) in [6, 6.07) is 0. The van der Waals surface area contributed by atoms with E-state index in [1.807, 2.05) is 0 Å². The predicted molar refractivity (Wildman–Crippen MR) is 64.1 cm³/mol. The van der Waals surface area contributed by atoms with Gasteiger partial charge in [-0.15, -0.1) is 11.3 Å². The number of hydrogen-bond acceptors (Lipinski definition) is 4. The molecule has 1 heterocycles. The molecule has 0 aromatic carbocycles. The van der Waals surface area contributed by atoms with Crippen LogP contribution in [0.15, 0.2) is 5.38 Å². The first-order valence-electron chi connectivity index (χ1n) is 5.16. The molecule has 1 atom stereocenters. The van der Waals surface area contributed by atoms with Gasteiger partial charge in [0.05, 0.1) is 5.69 Å². The van der Waals surface area contributed by atoms with Crippen LogP contribution in [-0.4, -0.2) is 18.6 Å². The van der Waals surface area contributed by atoms with Gasteiger partial charge in [0.25, 0.3) is 0 Å². The van der Waals surface area contributed by atoms with Crippen LogP contribution in [0.4, 0.5) is 0 Å². The standard InChI is InChI=1S/C11H20N2OS/c1-11(2,3)9(14-4)10-13-8(5-6-12)7-15-10/h7,9H,5-6,12H2,1-4H3. The molecule has 0 saturated heterocycles. The van der Waals surface area contributed by atoms with Crippen molar-refractivity contribution < 1.29 is 4.74 Å². The molecule has 0 saturated carbocycles. The maximum absolute atomic E-state index is 5.51. The second-order valence-corrected chi connectivity index (χ2v) is 5.59. The smallest absolute Gasteiger partial charge is 0.122 e. The lowest BCUT2D eigenvalue weighted by molar-refractivity contribution is 0.0149. The van der Waals surface area contributed by atoms with Gasteiger partial charge in [0, 0.05) is 18.9 Å². The van der Waals surface area contributed by atoms with Crippen molar-refractivity contribution in [2.75, 3.05) is 13.7 Å². The topological polar surface area (TPSA) is 48.1 Å². The molecule has 15 heavy (non-hydrogen) atoms. The number of hydrogen-bond donors (Lipinski definition) is 1. The Kier molecular flexibility index (Phi) is 4.25. The van der Waals surface area contributed by atoms with E-state index in [9.17, 15) is 0 Å². The average Bonchev–Trinajstić information content (AvgIpc) is 2.52. The van der Waals surface area contributed by atoms with Crippen molar-refractivity contribution in [2.24, 2.45) is 11.1 Å². The van der Waals surface area contributed by atoms with Gasteiger partial charge in [-0.05, 0) is 12.0 Å². The first kappa shape index (κ1) is 12.6. The number of rotatable bonds is 4. The van der Waals surface area contributed by atoms with E-state index >= 15 is 0 Å². The molecule has 1 rings (SSSR count). The van der Waals surface area contributed by atoms with E-state index < -0.39 is 0 Å². The van der Waals surface area contributed by atoms with Crippen LogP contribution in [0.1, 0.15) is 37.6 Å². The minimum Gasteiger partial charge on any atom is -0.374 e. The minimum absolute atomic E-state index is 0.0639. The van der Waals surface area contributed by atoms with Crippen LogP contribution in [-0.2, 0) is 11.2 Å². The highest BCUT2D eigenvalue weighted by molar-refractivity contribution is 7.09. The van der Waals surface area contributed by atoms with Gasteiger partial charge in [-0.3, -0.25) is 0 Å². The Hall–Kier alpha value is -0.450. The van der Waals surface area contributed by atoms with Crippen LogP contribution in [0.5, 0.6) is 0 Å². The molecule has 3 nitrogen and oxygen atoms in total. The fourth-order valence-electron chi connectivity index (χ4n) is 1.53. The molecule has 0 aliphatic heterocycles. The van der Waals surface area contributed by atoms with Crippen LogP contribution in [0.25, 0.3) is 0 Å². The van der Waals surface area contributed by atoms with E-state index in [-0.39, 0.29) is 11.5 Å². The first-order valence-corrected chi connectivity index (χ1v) is 6.04. The minimum atomic E-state index is 0.0639. The molecule has 1 unspecified atom stereocenters. The Morgan fingerprint density at radius 3 is 2.67 bits per heavy atom. The second kappa shape index (κ2) is 5.05. The highest BCUT2D eigenvalue weighted by Crippen LogP contribution is 2.36. The number of aromatic nitrogens is 1. The SMILES string of the molecule is COC(c1nc(CCN)cs1)C(C)(C)C. The van der Waals surface area contributed by atoms with Crippen LogP contribution in [0.3, 0.4) is 0 Å². The molecule has 86 valence electrons. The van der Waals surface area contributed by atoms with E-state index in [1.165, 1.54) is 0 Å². The van der Waals surface area contributed by atoms with Crippen molar-refractivity contribution in [1.82, 2.24) is 4.98 Å². The predicted octanol–water partition coefficient (Wildman–Crippen LogP) is 2.38. The zero-order valence-corrected chi connectivity index (χ0v) is 10.7. The van der Waals surface area contributed by atoms with Gasteiger partial charge < -0.3 is 10.5 Å². The number of nitrogens with two attached hydrogens (primary N) is 1. The molecule has 0 aliphatic rings. The Bertz CT molecular complexity index is 304. The van der Waals surface area contributed by atoms with E-state index in [0.717, 1.165) is 17.1 Å². The molecular formula is C11H20N2OS. The lowest BCUT2D eigenvalue weighted by Gasteiger charge is -2.27. The monoisotopic (exact) mass is 228 g/mol. The third-order valence-electron chi connectivity index (χ3n) is 2.22. The summed E-state index contributed by atoms with van der Waals surface area (Å²) in [7, 11) is 1.74. The summed E-state index contributed by atoms with van der Waals surface area (Å²) in [4.78, 5) is 4.55. The molecule has 2 N–H and O–H groups in total. The lowest BCUT2D eigenvalue weighted by atomic mass is 9.89. The van der Waals surface area contributed by atoms with Crippen molar-refractivity contribution in [3.63, 3.8) is 0 Å². The molecular weight excluding hydrogens is 208 g/mol. The zero-order chi connectivity index (χ0) is 11.5. The molecule has 0 bridgehead atoms. The molecule has 0 amide bonds. The van der Waals surface area contributed by atoms with Gasteiger partial charge >= 0.3 is 0 Å². The summed E-state index contributed by atoms with van der Waals surface area (Å²) in [6.07, 6.45) is 0.908. The van der Waals surface area contributed by atoms with Crippen molar-refractivity contribution in [2.45, 2.75) is 33.3 Å². The summed E-state index contributed by atoms with van der Waals surface area (Å²) < 4.78 is 5.51. The molecule has 4 heteroatoms. The lowest BCUT2D eigenvalue weighted by Crippen LogP contribution is -2.20. The average molecular weight is 228 g/mol. The van der Waals surface area contributed by atoms with Crippen LogP contribution in [0, 0.1) is 5.41 Å². The zero-order valence-electron chi connectivity index (χ0n) is 9.91. The van der Waals surface area contributed by atoms with Crippen LogP contribution >= 0.6 is 11.3 Å². The summed E-state index contributed by atoms with van der Waals surface area (Å²) >= 11 is 1.66. The van der Waals surface area contributed by atoms with Gasteiger partial charge in [0.15, 0.2) is 0 Å². The fourth-order valence-corrected chi connectivity index (χ4v) is 2.70. The summed E-state index contributed by atoms with van der Waals surface area (Å²) in [6.45, 7) is 7.12. The Labute approximate surface area is 95.7 Å². The highest BCUT2D eigenvalue weighted by atomic mass is 32.1. The Morgan fingerprint density at radius 1 is 1.53 bits per heavy atom. The molecule has 0 spiro atoms. The highest BCUT2D eigenvalue weighted by Gasteiger charge is 2.28. The molecule has 0 radical (unpaired) electrons. The Balaban J connectivity index is 2.83. The third kappa shape index (κ3) is 3.26. The Morgan fingerprint density at radius 2 is 2.20 bits per heavy atom. The van der Waals surface area contributed by atoms with Crippen LogP contribution in [0.2, 0.25) is 0 Å². The largest absolute Gasteiger partial charge is 0.374 e. The van der Waals surface area contributed by atoms with Crippen molar-refractivity contribution in [3.05, 3.63) is 16.1 Å². The van der Waals surface area contributed by atoms with Crippen molar-refractivity contribution in [1.29, 1.82) is 0 Å². The van der Waals surface area contributed by atoms with E-state index in [0.29, 0.717) is 6.54 Å². The molecule has 1 aromatic heterocycles. The van der Waals surface area contributed by atoms with Crippen LogP contribution < -0.4 is 5.73 Å². The van der Waals surface area contributed by atoms with E-state index in [2.05, 4.69) is 31.1 Å². The quantitative estimate of drug-likeness (QED) is 0.860.